The Morgan fingerprint density at radius 1 is 1.05 bits per heavy atom. The number of nitrogens with zero attached hydrogens (tertiary/aromatic N) is 1. The molecule has 0 fully saturated rings. The van der Waals surface area contributed by atoms with E-state index in [1.165, 1.54) is 30.0 Å². The molecule has 0 aliphatic heterocycles. The van der Waals surface area contributed by atoms with Crippen molar-refractivity contribution in [3.63, 3.8) is 0 Å². The molecule has 0 atom stereocenters. The predicted molar refractivity (Wildman–Crippen MR) is 69.0 cm³/mol. The second-order valence-corrected chi connectivity index (χ2v) is 4.84. The Morgan fingerprint density at radius 2 is 1.74 bits per heavy atom. The summed E-state index contributed by atoms with van der Waals surface area (Å²) in [7, 11) is 0. The van der Waals surface area contributed by atoms with Crippen molar-refractivity contribution < 1.29 is 13.7 Å². The molecule has 0 unspecified atom stereocenters. The van der Waals surface area contributed by atoms with Gasteiger partial charge in [-0.3, -0.25) is 10.1 Å². The van der Waals surface area contributed by atoms with Crippen LogP contribution in [0.4, 0.5) is 14.5 Å². The number of hydrogen-bond donors (Lipinski definition) is 0. The van der Waals surface area contributed by atoms with Crippen molar-refractivity contribution in [2.45, 2.75) is 10.6 Å². The van der Waals surface area contributed by atoms with E-state index in [9.17, 15) is 18.9 Å². The van der Waals surface area contributed by atoms with Gasteiger partial charge in [0.15, 0.2) is 11.6 Å². The number of rotatable bonds is 4. The first kappa shape index (κ1) is 13.5. The van der Waals surface area contributed by atoms with Gasteiger partial charge in [-0.2, -0.15) is 0 Å². The SMILES string of the molecule is O=[N+]([O-])c1ccc(CSc2ccc(F)c(F)c2)cc1. The number of thioether (sulfide) groups is 1. The molecule has 0 saturated heterocycles. The van der Waals surface area contributed by atoms with E-state index < -0.39 is 16.6 Å². The average molecular weight is 281 g/mol. The summed E-state index contributed by atoms with van der Waals surface area (Å²) in [5.41, 5.74) is 0.905. The van der Waals surface area contributed by atoms with E-state index in [1.807, 2.05) is 0 Å². The lowest BCUT2D eigenvalue weighted by Crippen LogP contribution is -1.88. The van der Waals surface area contributed by atoms with Gasteiger partial charge in [-0.05, 0) is 23.8 Å². The van der Waals surface area contributed by atoms with Crippen molar-refractivity contribution in [3.05, 3.63) is 69.8 Å². The number of hydrogen-bond acceptors (Lipinski definition) is 3. The number of benzene rings is 2. The van der Waals surface area contributed by atoms with Crippen LogP contribution in [0.2, 0.25) is 0 Å². The van der Waals surface area contributed by atoms with Crippen LogP contribution in [-0.2, 0) is 5.75 Å². The van der Waals surface area contributed by atoms with E-state index in [-0.39, 0.29) is 5.69 Å². The fraction of sp³-hybridized carbons (Fsp3) is 0.0769. The zero-order chi connectivity index (χ0) is 13.8. The van der Waals surface area contributed by atoms with Crippen molar-refractivity contribution in [1.29, 1.82) is 0 Å². The minimum Gasteiger partial charge on any atom is -0.258 e. The van der Waals surface area contributed by atoms with Crippen molar-refractivity contribution in [1.82, 2.24) is 0 Å². The van der Waals surface area contributed by atoms with E-state index >= 15 is 0 Å². The molecular formula is C13H9F2NO2S. The highest BCUT2D eigenvalue weighted by atomic mass is 32.2. The van der Waals surface area contributed by atoms with Crippen LogP contribution in [0.5, 0.6) is 0 Å². The zero-order valence-electron chi connectivity index (χ0n) is 9.68. The van der Waals surface area contributed by atoms with E-state index in [0.29, 0.717) is 10.6 Å². The van der Waals surface area contributed by atoms with E-state index in [0.717, 1.165) is 17.7 Å². The highest BCUT2D eigenvalue weighted by Crippen LogP contribution is 2.25. The maximum absolute atomic E-state index is 13.0. The third kappa shape index (κ3) is 3.51. The Morgan fingerprint density at radius 3 is 2.32 bits per heavy atom. The monoisotopic (exact) mass is 281 g/mol. The Bertz CT molecular complexity index is 602. The van der Waals surface area contributed by atoms with Gasteiger partial charge >= 0.3 is 0 Å². The number of nitro groups is 1. The topological polar surface area (TPSA) is 43.1 Å². The van der Waals surface area contributed by atoms with Gasteiger partial charge in [-0.1, -0.05) is 12.1 Å². The summed E-state index contributed by atoms with van der Waals surface area (Å²) in [5, 5.41) is 10.5. The molecule has 0 N–H and O–H groups in total. The Balaban J connectivity index is 2.01. The standard InChI is InChI=1S/C13H9F2NO2S/c14-12-6-5-11(7-13(12)15)19-8-9-1-3-10(4-2-9)16(17)18/h1-7H,8H2. The normalized spacial score (nSPS) is 10.4. The molecule has 98 valence electrons. The molecule has 19 heavy (non-hydrogen) atoms. The van der Waals surface area contributed by atoms with Crippen molar-refractivity contribution in [3.8, 4) is 0 Å². The highest BCUT2D eigenvalue weighted by Gasteiger charge is 2.06. The van der Waals surface area contributed by atoms with Crippen LogP contribution in [0, 0.1) is 21.7 Å². The van der Waals surface area contributed by atoms with Crippen LogP contribution in [0.15, 0.2) is 47.4 Å². The molecule has 0 aromatic heterocycles. The summed E-state index contributed by atoms with van der Waals surface area (Å²) in [5.74, 6) is -1.23. The smallest absolute Gasteiger partial charge is 0.258 e. The predicted octanol–water partition coefficient (Wildman–Crippen LogP) is 4.17. The third-order valence-electron chi connectivity index (χ3n) is 2.44. The lowest BCUT2D eigenvalue weighted by molar-refractivity contribution is -0.384. The maximum Gasteiger partial charge on any atom is 0.269 e. The van der Waals surface area contributed by atoms with E-state index in [4.69, 9.17) is 0 Å². The summed E-state index contributed by atoms with van der Waals surface area (Å²) >= 11 is 1.33. The molecule has 0 amide bonds. The molecule has 0 heterocycles. The minimum atomic E-state index is -0.881. The molecule has 0 aliphatic carbocycles. The van der Waals surface area contributed by atoms with Gasteiger partial charge in [0, 0.05) is 22.8 Å². The minimum absolute atomic E-state index is 0.0292. The van der Waals surface area contributed by atoms with Crippen molar-refractivity contribution in [2.24, 2.45) is 0 Å². The molecule has 6 heteroatoms. The molecule has 3 nitrogen and oxygen atoms in total. The van der Waals surface area contributed by atoms with Gasteiger partial charge < -0.3 is 0 Å². The molecule has 2 aromatic rings. The number of halogens is 2. The second-order valence-electron chi connectivity index (χ2n) is 3.79. The lowest BCUT2D eigenvalue weighted by atomic mass is 10.2. The van der Waals surface area contributed by atoms with Crippen LogP contribution in [0.1, 0.15) is 5.56 Å². The lowest BCUT2D eigenvalue weighted by Gasteiger charge is -2.02. The first-order valence-corrected chi connectivity index (χ1v) is 6.36. The van der Waals surface area contributed by atoms with Crippen molar-refractivity contribution in [2.75, 3.05) is 0 Å². The average Bonchev–Trinajstić information content (AvgIpc) is 2.40. The molecule has 0 bridgehead atoms. The van der Waals surface area contributed by atoms with Gasteiger partial charge in [0.1, 0.15) is 0 Å². The van der Waals surface area contributed by atoms with Crippen molar-refractivity contribution >= 4 is 17.4 Å². The summed E-state index contributed by atoms with van der Waals surface area (Å²) in [6, 6.07) is 9.83. The molecular weight excluding hydrogens is 272 g/mol. The van der Waals surface area contributed by atoms with E-state index in [2.05, 4.69) is 0 Å². The Hall–Kier alpha value is -1.95. The largest absolute Gasteiger partial charge is 0.269 e. The first-order chi connectivity index (χ1) is 9.06. The fourth-order valence-corrected chi connectivity index (χ4v) is 2.32. The summed E-state index contributed by atoms with van der Waals surface area (Å²) in [6.45, 7) is 0. The fourth-order valence-electron chi connectivity index (χ4n) is 1.45. The van der Waals surface area contributed by atoms with Crippen LogP contribution in [0.3, 0.4) is 0 Å². The van der Waals surface area contributed by atoms with Crippen LogP contribution in [0.25, 0.3) is 0 Å². The Labute approximate surface area is 112 Å². The Kier molecular flexibility index (Phi) is 4.11. The molecule has 2 rings (SSSR count). The first-order valence-electron chi connectivity index (χ1n) is 5.37. The maximum atomic E-state index is 13.0. The van der Waals surface area contributed by atoms with Gasteiger partial charge in [0.25, 0.3) is 5.69 Å². The molecule has 0 radical (unpaired) electrons. The number of non-ortho nitro benzene ring substituents is 1. The molecule has 2 aromatic carbocycles. The summed E-state index contributed by atoms with van der Waals surface area (Å²) in [6.07, 6.45) is 0. The quantitative estimate of drug-likeness (QED) is 0.480. The van der Waals surface area contributed by atoms with Crippen LogP contribution in [-0.4, -0.2) is 4.92 Å². The van der Waals surface area contributed by atoms with E-state index in [1.54, 1.807) is 12.1 Å². The van der Waals surface area contributed by atoms with Crippen LogP contribution >= 0.6 is 11.8 Å². The number of nitro benzene ring substituents is 1. The zero-order valence-corrected chi connectivity index (χ0v) is 10.5. The van der Waals surface area contributed by atoms with Gasteiger partial charge in [0.05, 0.1) is 4.92 Å². The highest BCUT2D eigenvalue weighted by molar-refractivity contribution is 7.98. The molecule has 0 aliphatic rings. The second kappa shape index (κ2) is 5.79. The van der Waals surface area contributed by atoms with Crippen LogP contribution < -0.4 is 0 Å². The van der Waals surface area contributed by atoms with Gasteiger partial charge in [-0.25, -0.2) is 8.78 Å². The summed E-state index contributed by atoms with van der Waals surface area (Å²) < 4.78 is 25.7. The summed E-state index contributed by atoms with van der Waals surface area (Å²) in [4.78, 5) is 10.6. The third-order valence-corrected chi connectivity index (χ3v) is 3.51. The van der Waals surface area contributed by atoms with Gasteiger partial charge in [0.2, 0.25) is 0 Å². The van der Waals surface area contributed by atoms with Gasteiger partial charge in [-0.15, -0.1) is 11.8 Å². The molecule has 0 saturated carbocycles. The molecule has 0 spiro atoms.